The summed E-state index contributed by atoms with van der Waals surface area (Å²) in [5.74, 6) is 5.55. The summed E-state index contributed by atoms with van der Waals surface area (Å²) in [5.41, 5.74) is 7.49. The largest absolute Gasteiger partial charge is 0.345 e. The Hall–Kier alpha value is -1.86. The lowest BCUT2D eigenvalue weighted by Gasteiger charge is -1.89. The van der Waals surface area contributed by atoms with Gasteiger partial charge in [-0.3, -0.25) is 0 Å². The van der Waals surface area contributed by atoms with Crippen molar-refractivity contribution in [1.29, 1.82) is 0 Å². The summed E-state index contributed by atoms with van der Waals surface area (Å²) < 4.78 is 0. The van der Waals surface area contributed by atoms with Gasteiger partial charge in [0.1, 0.15) is 11.2 Å². The number of aromatic nitrogens is 3. The van der Waals surface area contributed by atoms with Gasteiger partial charge < -0.3 is 10.7 Å². The van der Waals surface area contributed by atoms with Crippen LogP contribution >= 0.6 is 0 Å². The van der Waals surface area contributed by atoms with E-state index >= 15 is 0 Å². The Morgan fingerprint density at radius 3 is 3.31 bits per heavy atom. The molecular weight excluding hydrogens is 164 g/mol. The summed E-state index contributed by atoms with van der Waals surface area (Å²) in [7, 11) is 0. The highest BCUT2D eigenvalue weighted by atomic mass is 14.9. The van der Waals surface area contributed by atoms with Gasteiger partial charge in [-0.15, -0.1) is 0 Å². The van der Waals surface area contributed by atoms with Crippen LogP contribution in [0.25, 0.3) is 11.2 Å². The summed E-state index contributed by atoms with van der Waals surface area (Å²) in [4.78, 5) is 11.3. The lowest BCUT2D eigenvalue weighted by molar-refractivity contribution is 1.23. The molecule has 2 rings (SSSR count). The molecule has 0 saturated heterocycles. The molecule has 4 heteroatoms. The van der Waals surface area contributed by atoms with Gasteiger partial charge in [0.05, 0.1) is 12.7 Å². The van der Waals surface area contributed by atoms with E-state index in [2.05, 4.69) is 26.8 Å². The molecule has 2 heterocycles. The molecule has 64 valence electrons. The third-order valence-corrected chi connectivity index (χ3v) is 1.58. The number of rotatable bonds is 0. The van der Waals surface area contributed by atoms with Crippen LogP contribution in [0.3, 0.4) is 0 Å². The van der Waals surface area contributed by atoms with E-state index < -0.39 is 0 Å². The van der Waals surface area contributed by atoms with Gasteiger partial charge >= 0.3 is 0 Å². The molecule has 0 saturated carbocycles. The fourth-order valence-corrected chi connectivity index (χ4v) is 1.03. The van der Waals surface area contributed by atoms with Crippen molar-refractivity contribution < 1.29 is 0 Å². The molecule has 4 nitrogen and oxygen atoms in total. The van der Waals surface area contributed by atoms with E-state index in [9.17, 15) is 0 Å². The third kappa shape index (κ3) is 1.50. The topological polar surface area (TPSA) is 67.6 Å². The molecule has 2 aromatic rings. The van der Waals surface area contributed by atoms with Crippen molar-refractivity contribution in [2.24, 2.45) is 5.73 Å². The molecule has 0 radical (unpaired) electrons. The maximum atomic E-state index is 5.24. The van der Waals surface area contributed by atoms with Gasteiger partial charge in [0, 0.05) is 6.20 Å². The summed E-state index contributed by atoms with van der Waals surface area (Å²) in [6, 6.07) is 1.86. The van der Waals surface area contributed by atoms with Crippen LogP contribution in [0, 0.1) is 11.8 Å². The van der Waals surface area contributed by atoms with Gasteiger partial charge in [0.25, 0.3) is 0 Å². The smallest absolute Gasteiger partial charge is 0.156 e. The average Bonchev–Trinajstić information content (AvgIpc) is 2.61. The Labute approximate surface area is 75.2 Å². The Balaban J connectivity index is 2.48. The van der Waals surface area contributed by atoms with E-state index in [1.165, 1.54) is 0 Å². The summed E-state index contributed by atoms with van der Waals surface area (Å²) in [6.07, 6.45) is 3.42. The van der Waals surface area contributed by atoms with Crippen LogP contribution in [-0.2, 0) is 0 Å². The van der Waals surface area contributed by atoms with Crippen LogP contribution in [0.15, 0.2) is 18.5 Å². The average molecular weight is 172 g/mol. The number of nitrogens with zero attached hydrogens (tertiary/aromatic N) is 2. The number of H-pyrrole nitrogens is 1. The van der Waals surface area contributed by atoms with Gasteiger partial charge in [-0.2, -0.15) is 0 Å². The van der Waals surface area contributed by atoms with Crippen molar-refractivity contribution in [2.75, 3.05) is 6.54 Å². The zero-order chi connectivity index (χ0) is 9.10. The second kappa shape index (κ2) is 3.25. The van der Waals surface area contributed by atoms with Crippen molar-refractivity contribution in [1.82, 2.24) is 15.0 Å². The van der Waals surface area contributed by atoms with E-state index in [-0.39, 0.29) is 0 Å². The number of aromatic amines is 1. The molecule has 0 bridgehead atoms. The monoisotopic (exact) mass is 172 g/mol. The minimum absolute atomic E-state index is 0.340. The van der Waals surface area contributed by atoms with E-state index in [4.69, 9.17) is 5.73 Å². The molecule has 3 N–H and O–H groups in total. The van der Waals surface area contributed by atoms with Crippen LogP contribution < -0.4 is 5.73 Å². The summed E-state index contributed by atoms with van der Waals surface area (Å²) in [6.45, 7) is 0.340. The Kier molecular flexibility index (Phi) is 1.94. The Morgan fingerprint density at radius 2 is 2.46 bits per heavy atom. The Morgan fingerprint density at radius 1 is 1.54 bits per heavy atom. The number of hydrogen-bond donors (Lipinski definition) is 2. The number of nitrogens with two attached hydrogens (primary N) is 1. The van der Waals surface area contributed by atoms with Gasteiger partial charge in [0.2, 0.25) is 0 Å². The number of hydrogen-bond acceptors (Lipinski definition) is 3. The van der Waals surface area contributed by atoms with Crippen molar-refractivity contribution >= 4 is 11.2 Å². The van der Waals surface area contributed by atoms with Crippen LogP contribution in [0.1, 0.15) is 5.69 Å². The second-order valence-corrected chi connectivity index (χ2v) is 2.47. The van der Waals surface area contributed by atoms with Crippen LogP contribution in [-0.4, -0.2) is 21.5 Å². The standard InChI is InChI=1S/C9H8N4/c10-4-1-2-7-6-12-9-8(13-7)3-5-11-9/h3,5-6H,4,10H2,(H,11,12). The third-order valence-electron chi connectivity index (χ3n) is 1.58. The molecule has 0 amide bonds. The fraction of sp³-hybridized carbons (Fsp3) is 0.111. The minimum Gasteiger partial charge on any atom is -0.345 e. The van der Waals surface area contributed by atoms with E-state index in [0.29, 0.717) is 12.2 Å². The number of fused-ring (bicyclic) bond motifs is 1. The van der Waals surface area contributed by atoms with E-state index in [1.54, 1.807) is 12.4 Å². The highest BCUT2D eigenvalue weighted by molar-refractivity contribution is 5.70. The maximum Gasteiger partial charge on any atom is 0.156 e. The van der Waals surface area contributed by atoms with Gasteiger partial charge in [-0.25, -0.2) is 9.97 Å². The first-order chi connectivity index (χ1) is 6.40. The molecule has 0 aromatic carbocycles. The number of nitrogens with one attached hydrogen (secondary N) is 1. The molecular formula is C9H8N4. The van der Waals surface area contributed by atoms with Crippen molar-refractivity contribution in [3.05, 3.63) is 24.2 Å². The SMILES string of the molecule is NCC#Cc1cnc2[nH]ccc2n1. The highest BCUT2D eigenvalue weighted by Gasteiger charge is 1.96. The molecule has 0 unspecified atom stereocenters. The second-order valence-electron chi connectivity index (χ2n) is 2.47. The first kappa shape index (κ1) is 7.77. The maximum absolute atomic E-state index is 5.24. The van der Waals surface area contributed by atoms with Crippen molar-refractivity contribution in [2.45, 2.75) is 0 Å². The Bertz CT molecular complexity index is 475. The van der Waals surface area contributed by atoms with Crippen LogP contribution in [0.4, 0.5) is 0 Å². The quantitative estimate of drug-likeness (QED) is 0.560. The minimum atomic E-state index is 0.340. The molecule has 0 aliphatic carbocycles. The van der Waals surface area contributed by atoms with Crippen molar-refractivity contribution in [3.63, 3.8) is 0 Å². The first-order valence-electron chi connectivity index (χ1n) is 3.89. The predicted octanol–water partition coefficient (Wildman–Crippen LogP) is 0.268. The normalized spacial score (nSPS) is 9.62. The zero-order valence-electron chi connectivity index (χ0n) is 6.91. The predicted molar refractivity (Wildman–Crippen MR) is 49.8 cm³/mol. The van der Waals surface area contributed by atoms with E-state index in [1.807, 2.05) is 6.07 Å². The van der Waals surface area contributed by atoms with Crippen LogP contribution in [0.5, 0.6) is 0 Å². The molecule has 0 aliphatic rings. The highest BCUT2D eigenvalue weighted by Crippen LogP contribution is 2.05. The first-order valence-corrected chi connectivity index (χ1v) is 3.89. The zero-order valence-corrected chi connectivity index (χ0v) is 6.91. The molecule has 2 aromatic heterocycles. The lowest BCUT2D eigenvalue weighted by atomic mass is 10.4. The molecule has 0 atom stereocenters. The molecule has 13 heavy (non-hydrogen) atoms. The fourth-order valence-electron chi connectivity index (χ4n) is 1.03. The van der Waals surface area contributed by atoms with Gasteiger partial charge in [0.15, 0.2) is 5.65 Å². The van der Waals surface area contributed by atoms with Gasteiger partial charge in [-0.05, 0) is 12.0 Å². The van der Waals surface area contributed by atoms with Crippen molar-refractivity contribution in [3.8, 4) is 11.8 Å². The summed E-state index contributed by atoms with van der Waals surface area (Å²) in [5, 5.41) is 0. The molecule has 0 aliphatic heterocycles. The summed E-state index contributed by atoms with van der Waals surface area (Å²) >= 11 is 0. The molecule has 0 spiro atoms. The van der Waals surface area contributed by atoms with Gasteiger partial charge in [-0.1, -0.05) is 5.92 Å². The molecule has 0 fully saturated rings. The van der Waals surface area contributed by atoms with E-state index in [0.717, 1.165) is 11.2 Å². The lowest BCUT2D eigenvalue weighted by Crippen LogP contribution is -1.94. The van der Waals surface area contributed by atoms with Crippen LogP contribution in [0.2, 0.25) is 0 Å².